The molecular weight excluding hydrogens is 244 g/mol. The second kappa shape index (κ2) is 6.52. The van der Waals surface area contributed by atoms with Gasteiger partial charge in [-0.3, -0.25) is 4.79 Å². The van der Waals surface area contributed by atoms with E-state index in [1.54, 1.807) is 20.8 Å². The van der Waals surface area contributed by atoms with Crippen molar-refractivity contribution in [2.24, 2.45) is 0 Å². The Kier molecular flexibility index (Phi) is 5.30. The van der Waals surface area contributed by atoms with Crippen LogP contribution in [0.2, 0.25) is 0 Å². The van der Waals surface area contributed by atoms with Crippen LogP contribution in [-0.4, -0.2) is 48.9 Å². The van der Waals surface area contributed by atoms with Crippen molar-refractivity contribution in [3.05, 3.63) is 22.5 Å². The van der Waals surface area contributed by atoms with E-state index in [4.69, 9.17) is 4.74 Å². The number of hydrogen-bond donors (Lipinski definition) is 1. The van der Waals surface area contributed by atoms with Gasteiger partial charge in [0.2, 0.25) is 0 Å². The molecule has 5 heteroatoms. The number of aromatic nitrogens is 1. The summed E-state index contributed by atoms with van der Waals surface area (Å²) in [6.07, 6.45) is 0.439. The second-order valence-corrected chi connectivity index (χ2v) is 4.82. The molecular formula is C14H22N2O3. The molecule has 106 valence electrons. The molecule has 0 bridgehead atoms. The molecule has 0 saturated heterocycles. The molecule has 0 fully saturated rings. The number of carbonyl (C=O) groups is 2. The van der Waals surface area contributed by atoms with Crippen molar-refractivity contribution < 1.29 is 14.3 Å². The molecule has 1 aromatic heterocycles. The summed E-state index contributed by atoms with van der Waals surface area (Å²) in [5.41, 5.74) is 2.40. The smallest absolute Gasteiger partial charge is 0.355 e. The molecule has 0 aliphatic rings. The number of H-pyrrole nitrogens is 1. The Balaban J connectivity index is 2.96. The highest BCUT2D eigenvalue weighted by molar-refractivity contribution is 6.02. The second-order valence-electron chi connectivity index (χ2n) is 4.82. The molecule has 0 aliphatic heterocycles. The molecule has 0 atom stereocenters. The Bertz CT molecular complexity index is 475. The van der Waals surface area contributed by atoms with E-state index in [1.807, 2.05) is 19.0 Å². The minimum atomic E-state index is -0.408. The Morgan fingerprint density at radius 3 is 2.42 bits per heavy atom. The summed E-state index contributed by atoms with van der Waals surface area (Å²) in [6.45, 7) is 6.35. The first kappa shape index (κ1) is 15.4. The molecule has 0 unspecified atom stereocenters. The third kappa shape index (κ3) is 3.67. The molecule has 1 heterocycles. The van der Waals surface area contributed by atoms with E-state index >= 15 is 0 Å². The van der Waals surface area contributed by atoms with Gasteiger partial charge < -0.3 is 14.6 Å². The number of carbonyl (C=O) groups excluding carboxylic acids is 2. The summed E-state index contributed by atoms with van der Waals surface area (Å²) in [4.78, 5) is 28.8. The van der Waals surface area contributed by atoms with Crippen molar-refractivity contribution >= 4 is 11.8 Å². The van der Waals surface area contributed by atoms with Gasteiger partial charge >= 0.3 is 5.97 Å². The Morgan fingerprint density at radius 1 is 1.26 bits per heavy atom. The number of aromatic amines is 1. The lowest BCUT2D eigenvalue weighted by molar-refractivity contribution is 0.0519. The van der Waals surface area contributed by atoms with Gasteiger partial charge in [-0.2, -0.15) is 0 Å². The first-order chi connectivity index (χ1) is 8.88. The Labute approximate surface area is 113 Å². The van der Waals surface area contributed by atoms with Crippen molar-refractivity contribution in [1.82, 2.24) is 9.88 Å². The van der Waals surface area contributed by atoms with Crippen molar-refractivity contribution in [2.75, 3.05) is 27.2 Å². The fraction of sp³-hybridized carbons (Fsp3) is 0.571. The third-order valence-electron chi connectivity index (χ3n) is 2.98. The largest absolute Gasteiger partial charge is 0.461 e. The van der Waals surface area contributed by atoms with Crippen LogP contribution in [0.5, 0.6) is 0 Å². The maximum absolute atomic E-state index is 12.2. The highest BCUT2D eigenvalue weighted by atomic mass is 16.5. The summed E-state index contributed by atoms with van der Waals surface area (Å²) in [5.74, 6) is -0.356. The molecule has 0 radical (unpaired) electrons. The number of nitrogens with zero attached hydrogens (tertiary/aromatic N) is 1. The van der Waals surface area contributed by atoms with Crippen LogP contribution < -0.4 is 0 Å². The number of hydrogen-bond acceptors (Lipinski definition) is 4. The fourth-order valence-corrected chi connectivity index (χ4v) is 2.03. The molecule has 19 heavy (non-hydrogen) atoms. The van der Waals surface area contributed by atoms with Gasteiger partial charge in [-0.15, -0.1) is 0 Å². The van der Waals surface area contributed by atoms with Crippen LogP contribution in [0.25, 0.3) is 0 Å². The zero-order valence-corrected chi connectivity index (χ0v) is 12.3. The minimum Gasteiger partial charge on any atom is -0.461 e. The molecule has 0 saturated carbocycles. The van der Waals surface area contributed by atoms with Crippen molar-refractivity contribution in [2.45, 2.75) is 27.2 Å². The first-order valence-electron chi connectivity index (χ1n) is 6.42. The summed E-state index contributed by atoms with van der Waals surface area (Å²) in [6, 6.07) is 0. The standard InChI is InChI=1S/C14H22N2O3/c1-6-19-14(18)13-9(2)12(10(3)15-13)11(17)7-8-16(4)5/h15H,6-8H2,1-5H3. The number of aryl methyl sites for hydroxylation is 1. The minimum absolute atomic E-state index is 0.0514. The topological polar surface area (TPSA) is 62.4 Å². The zero-order valence-electron chi connectivity index (χ0n) is 12.3. The summed E-state index contributed by atoms with van der Waals surface area (Å²) in [5, 5.41) is 0. The number of esters is 1. The van der Waals surface area contributed by atoms with Crippen LogP contribution in [0.15, 0.2) is 0 Å². The lowest BCUT2D eigenvalue weighted by atomic mass is 10.0. The fourth-order valence-electron chi connectivity index (χ4n) is 2.03. The van der Waals surface area contributed by atoms with Crippen LogP contribution in [0.1, 0.15) is 45.4 Å². The van der Waals surface area contributed by atoms with E-state index in [2.05, 4.69) is 4.98 Å². The lowest BCUT2D eigenvalue weighted by Gasteiger charge is -2.08. The summed E-state index contributed by atoms with van der Waals surface area (Å²) >= 11 is 0. The van der Waals surface area contributed by atoms with Crippen molar-refractivity contribution in [1.29, 1.82) is 0 Å². The molecule has 1 aromatic rings. The molecule has 5 nitrogen and oxygen atoms in total. The van der Waals surface area contributed by atoms with Crippen LogP contribution in [-0.2, 0) is 4.74 Å². The van der Waals surface area contributed by atoms with E-state index < -0.39 is 5.97 Å². The van der Waals surface area contributed by atoms with Gasteiger partial charge in [-0.1, -0.05) is 0 Å². The SMILES string of the molecule is CCOC(=O)c1[nH]c(C)c(C(=O)CCN(C)C)c1C. The molecule has 1 N–H and O–H groups in total. The van der Waals surface area contributed by atoms with Gasteiger partial charge in [0.1, 0.15) is 5.69 Å². The van der Waals surface area contributed by atoms with E-state index in [9.17, 15) is 9.59 Å². The van der Waals surface area contributed by atoms with Gasteiger partial charge in [0.25, 0.3) is 0 Å². The summed E-state index contributed by atoms with van der Waals surface area (Å²) < 4.78 is 4.97. The Hall–Kier alpha value is -1.62. The van der Waals surface area contributed by atoms with Crippen LogP contribution in [0, 0.1) is 13.8 Å². The monoisotopic (exact) mass is 266 g/mol. The van der Waals surface area contributed by atoms with E-state index in [0.29, 0.717) is 36.4 Å². The van der Waals surface area contributed by atoms with Crippen LogP contribution >= 0.6 is 0 Å². The number of ether oxygens (including phenoxy) is 1. The molecule has 0 spiro atoms. The molecule has 0 amide bonds. The molecule has 0 aromatic carbocycles. The van der Waals surface area contributed by atoms with E-state index in [0.717, 1.165) is 5.69 Å². The Morgan fingerprint density at radius 2 is 1.89 bits per heavy atom. The summed E-state index contributed by atoms with van der Waals surface area (Å²) in [7, 11) is 3.85. The lowest BCUT2D eigenvalue weighted by Crippen LogP contribution is -2.17. The quantitative estimate of drug-likeness (QED) is 0.631. The van der Waals surface area contributed by atoms with Gasteiger partial charge in [0.15, 0.2) is 5.78 Å². The molecule has 0 aliphatic carbocycles. The van der Waals surface area contributed by atoms with Gasteiger partial charge in [0.05, 0.1) is 6.61 Å². The average Bonchev–Trinajstić information content (AvgIpc) is 2.62. The van der Waals surface area contributed by atoms with Gasteiger partial charge in [-0.05, 0) is 40.4 Å². The number of nitrogens with one attached hydrogen (secondary N) is 1. The van der Waals surface area contributed by atoms with Crippen molar-refractivity contribution in [3.63, 3.8) is 0 Å². The maximum Gasteiger partial charge on any atom is 0.355 e. The van der Waals surface area contributed by atoms with E-state index in [-0.39, 0.29) is 5.78 Å². The van der Waals surface area contributed by atoms with Gasteiger partial charge in [0, 0.05) is 24.2 Å². The average molecular weight is 266 g/mol. The predicted molar refractivity (Wildman–Crippen MR) is 73.7 cm³/mol. The zero-order chi connectivity index (χ0) is 14.6. The first-order valence-corrected chi connectivity index (χ1v) is 6.42. The van der Waals surface area contributed by atoms with Crippen molar-refractivity contribution in [3.8, 4) is 0 Å². The van der Waals surface area contributed by atoms with E-state index in [1.165, 1.54) is 0 Å². The third-order valence-corrected chi connectivity index (χ3v) is 2.98. The maximum atomic E-state index is 12.2. The van der Waals surface area contributed by atoms with Gasteiger partial charge in [-0.25, -0.2) is 4.79 Å². The van der Waals surface area contributed by atoms with Crippen LogP contribution in [0.4, 0.5) is 0 Å². The number of Topliss-reactive ketones (excluding diaryl/α,β-unsaturated/α-hetero) is 1. The molecule has 1 rings (SSSR count). The predicted octanol–water partition coefficient (Wildman–Crippen LogP) is 1.94. The highest BCUT2D eigenvalue weighted by Gasteiger charge is 2.22. The highest BCUT2D eigenvalue weighted by Crippen LogP contribution is 2.20. The number of ketones is 1. The number of rotatable bonds is 6. The normalized spacial score (nSPS) is 10.8. The van der Waals surface area contributed by atoms with Crippen LogP contribution in [0.3, 0.4) is 0 Å².